The Kier molecular flexibility index (Phi) is 7.17. The second kappa shape index (κ2) is 10.7. The fourth-order valence-electron chi connectivity index (χ4n) is 4.83. The van der Waals surface area contributed by atoms with Crippen molar-refractivity contribution >= 4 is 40.0 Å². The number of nitriles is 1. The topological polar surface area (TPSA) is 120 Å². The van der Waals surface area contributed by atoms with Gasteiger partial charge in [0, 0.05) is 49.5 Å². The summed E-state index contributed by atoms with van der Waals surface area (Å²) in [4.78, 5) is 11.3. The molecular formula is C26H29ClN10. The number of anilines is 3. The van der Waals surface area contributed by atoms with Gasteiger partial charge in [0.15, 0.2) is 11.5 Å². The lowest BCUT2D eigenvalue weighted by molar-refractivity contribution is 0.291. The summed E-state index contributed by atoms with van der Waals surface area (Å²) >= 11 is 6.46. The Morgan fingerprint density at radius 3 is 2.84 bits per heavy atom. The lowest BCUT2D eigenvalue weighted by Gasteiger charge is -2.39. The fraction of sp³-hybridized carbons (Fsp3) is 0.385. The molecule has 11 heteroatoms. The zero-order valence-electron chi connectivity index (χ0n) is 21.1. The molecule has 0 aliphatic carbocycles. The van der Waals surface area contributed by atoms with Crippen LogP contribution < -0.4 is 15.5 Å². The third-order valence-electron chi connectivity index (χ3n) is 7.08. The zero-order chi connectivity index (χ0) is 25.9. The molecule has 3 aromatic heterocycles. The molecule has 1 aromatic carbocycles. The van der Waals surface area contributed by atoms with Crippen LogP contribution in [0, 0.1) is 24.2 Å². The fourth-order valence-corrected chi connectivity index (χ4v) is 4.99. The van der Waals surface area contributed by atoms with Gasteiger partial charge in [-0.05, 0) is 49.6 Å². The van der Waals surface area contributed by atoms with Crippen LogP contribution in [0.5, 0.6) is 0 Å². The number of aryl methyl sites for hydroxylation is 2. The van der Waals surface area contributed by atoms with E-state index in [9.17, 15) is 0 Å². The molecule has 1 aliphatic heterocycles. The first-order valence-corrected chi connectivity index (χ1v) is 12.8. The van der Waals surface area contributed by atoms with E-state index in [2.05, 4.69) is 60.7 Å². The summed E-state index contributed by atoms with van der Waals surface area (Å²) in [5.74, 6) is 1.73. The van der Waals surface area contributed by atoms with Gasteiger partial charge in [-0.15, -0.1) is 10.2 Å². The highest BCUT2D eigenvalue weighted by Gasteiger charge is 2.29. The highest BCUT2D eigenvalue weighted by atomic mass is 35.5. The Labute approximate surface area is 220 Å². The predicted molar refractivity (Wildman–Crippen MR) is 144 cm³/mol. The standard InChI is InChI=1S/C26H29ClN10/c1-4-17-15-37(25-8-6-19(12-28)33-34-25)10-9-22(17)29-14-24-21(27)13-30-26(32-24)31-18-5-7-20-16(2)36(3)35-23(20)11-18/h5-8,11,13,17,22,29H,4,9-10,14-15H2,1-3H3,(H,30,31,32). The van der Waals surface area contributed by atoms with E-state index >= 15 is 0 Å². The smallest absolute Gasteiger partial charge is 0.227 e. The molecule has 0 amide bonds. The Hall–Kier alpha value is -3.81. The van der Waals surface area contributed by atoms with E-state index < -0.39 is 0 Å². The molecule has 2 N–H and O–H groups in total. The number of halogens is 1. The van der Waals surface area contributed by atoms with Gasteiger partial charge in [-0.3, -0.25) is 4.68 Å². The number of rotatable bonds is 7. The Morgan fingerprint density at radius 2 is 2.08 bits per heavy atom. The third kappa shape index (κ3) is 5.33. The molecule has 0 spiro atoms. The number of piperidine rings is 1. The molecule has 0 bridgehead atoms. The van der Waals surface area contributed by atoms with Crippen molar-refractivity contribution in [3.63, 3.8) is 0 Å². The molecule has 1 aliphatic rings. The molecule has 4 aromatic rings. The second-order valence-electron chi connectivity index (χ2n) is 9.33. The van der Waals surface area contributed by atoms with E-state index in [1.807, 2.05) is 36.0 Å². The van der Waals surface area contributed by atoms with Crippen LogP contribution in [-0.4, -0.2) is 49.1 Å². The van der Waals surface area contributed by atoms with Crippen LogP contribution in [-0.2, 0) is 13.6 Å². The van der Waals surface area contributed by atoms with Gasteiger partial charge in [0.2, 0.25) is 5.95 Å². The highest BCUT2D eigenvalue weighted by Crippen LogP contribution is 2.26. The SMILES string of the molecule is CCC1CN(c2ccc(C#N)nn2)CCC1NCc1nc(Nc2ccc3c(C)n(C)nc3c2)ncc1Cl. The van der Waals surface area contributed by atoms with Crippen molar-refractivity contribution in [2.45, 2.75) is 39.3 Å². The van der Waals surface area contributed by atoms with E-state index in [0.29, 0.717) is 35.2 Å². The molecule has 1 fully saturated rings. The highest BCUT2D eigenvalue weighted by molar-refractivity contribution is 6.31. The van der Waals surface area contributed by atoms with Crippen LogP contribution in [0.15, 0.2) is 36.5 Å². The maximum Gasteiger partial charge on any atom is 0.227 e. The predicted octanol–water partition coefficient (Wildman–Crippen LogP) is 4.13. The second-order valence-corrected chi connectivity index (χ2v) is 9.74. The van der Waals surface area contributed by atoms with Gasteiger partial charge < -0.3 is 15.5 Å². The lowest BCUT2D eigenvalue weighted by atomic mass is 9.89. The van der Waals surface area contributed by atoms with Crippen LogP contribution in [0.3, 0.4) is 0 Å². The third-order valence-corrected chi connectivity index (χ3v) is 7.40. The number of hydrogen-bond donors (Lipinski definition) is 2. The summed E-state index contributed by atoms with van der Waals surface area (Å²) < 4.78 is 1.88. The minimum absolute atomic E-state index is 0.324. The molecule has 0 saturated carbocycles. The summed E-state index contributed by atoms with van der Waals surface area (Å²) in [6.07, 6.45) is 3.62. The first kappa shape index (κ1) is 24.9. The number of nitrogens with one attached hydrogen (secondary N) is 2. The number of benzene rings is 1. The van der Waals surface area contributed by atoms with Gasteiger partial charge in [-0.25, -0.2) is 9.97 Å². The summed E-state index contributed by atoms with van der Waals surface area (Å²) in [7, 11) is 1.94. The van der Waals surface area contributed by atoms with Crippen LogP contribution >= 0.6 is 11.6 Å². The maximum absolute atomic E-state index is 8.97. The molecule has 0 radical (unpaired) electrons. The van der Waals surface area contributed by atoms with Gasteiger partial charge in [0.05, 0.1) is 22.4 Å². The zero-order valence-corrected chi connectivity index (χ0v) is 21.9. The normalized spacial score (nSPS) is 17.6. The van der Waals surface area contributed by atoms with Crippen molar-refractivity contribution in [3.8, 4) is 6.07 Å². The summed E-state index contributed by atoms with van der Waals surface area (Å²) in [6.45, 7) is 6.53. The van der Waals surface area contributed by atoms with Crippen molar-refractivity contribution in [2.24, 2.45) is 13.0 Å². The maximum atomic E-state index is 8.97. The van der Waals surface area contributed by atoms with Gasteiger partial charge in [-0.1, -0.05) is 24.9 Å². The van der Waals surface area contributed by atoms with Crippen LogP contribution in [0.25, 0.3) is 10.9 Å². The van der Waals surface area contributed by atoms with Crippen LogP contribution in [0.2, 0.25) is 5.02 Å². The summed E-state index contributed by atoms with van der Waals surface area (Å²) in [6, 6.07) is 12.0. The Balaban J connectivity index is 1.23. The van der Waals surface area contributed by atoms with Crippen molar-refractivity contribution in [1.82, 2.24) is 35.3 Å². The van der Waals surface area contributed by atoms with Gasteiger partial charge in [0.25, 0.3) is 0 Å². The van der Waals surface area contributed by atoms with E-state index in [4.69, 9.17) is 16.9 Å². The first-order chi connectivity index (χ1) is 17.9. The molecular weight excluding hydrogens is 488 g/mol. The molecule has 4 heterocycles. The van der Waals surface area contributed by atoms with Gasteiger partial charge in [-0.2, -0.15) is 10.4 Å². The van der Waals surface area contributed by atoms with Crippen molar-refractivity contribution < 1.29 is 0 Å². The average Bonchev–Trinajstić information content (AvgIpc) is 3.21. The first-order valence-electron chi connectivity index (χ1n) is 12.4. The largest absolute Gasteiger partial charge is 0.355 e. The molecule has 5 rings (SSSR count). The monoisotopic (exact) mass is 516 g/mol. The minimum atomic E-state index is 0.324. The van der Waals surface area contributed by atoms with Gasteiger partial charge in [0.1, 0.15) is 6.07 Å². The quantitative estimate of drug-likeness (QED) is 0.373. The Bertz CT molecular complexity index is 1440. The number of fused-ring (bicyclic) bond motifs is 1. The van der Waals surface area contributed by atoms with Crippen LogP contribution in [0.1, 0.15) is 36.8 Å². The van der Waals surface area contributed by atoms with Crippen molar-refractivity contribution in [2.75, 3.05) is 23.3 Å². The lowest BCUT2D eigenvalue weighted by Crippen LogP contribution is -2.49. The van der Waals surface area contributed by atoms with E-state index in [1.165, 1.54) is 0 Å². The molecule has 2 unspecified atom stereocenters. The number of nitrogens with zero attached hydrogens (tertiary/aromatic N) is 8. The van der Waals surface area contributed by atoms with E-state index in [-0.39, 0.29) is 0 Å². The molecule has 1 saturated heterocycles. The summed E-state index contributed by atoms with van der Waals surface area (Å²) in [5, 5.41) is 30.3. The van der Waals surface area contributed by atoms with E-state index in [0.717, 1.165) is 59.7 Å². The van der Waals surface area contributed by atoms with E-state index in [1.54, 1.807) is 12.3 Å². The molecule has 37 heavy (non-hydrogen) atoms. The van der Waals surface area contributed by atoms with Crippen LogP contribution in [0.4, 0.5) is 17.5 Å². The Morgan fingerprint density at radius 1 is 1.22 bits per heavy atom. The summed E-state index contributed by atoms with van der Waals surface area (Å²) in [5.41, 5.74) is 4.00. The molecule has 10 nitrogen and oxygen atoms in total. The van der Waals surface area contributed by atoms with Gasteiger partial charge >= 0.3 is 0 Å². The van der Waals surface area contributed by atoms with Crippen molar-refractivity contribution in [1.29, 1.82) is 5.26 Å². The number of aromatic nitrogens is 6. The molecule has 2 atom stereocenters. The molecule has 190 valence electrons. The average molecular weight is 517 g/mol. The van der Waals surface area contributed by atoms with Crippen molar-refractivity contribution in [3.05, 3.63) is 58.6 Å². The minimum Gasteiger partial charge on any atom is -0.355 e. The number of hydrogen-bond acceptors (Lipinski definition) is 9.